The third-order valence-electron chi connectivity index (χ3n) is 4.74. The summed E-state index contributed by atoms with van der Waals surface area (Å²) in [6.07, 6.45) is -1.36. The van der Waals surface area contributed by atoms with Crippen molar-refractivity contribution in [2.45, 2.75) is 69.2 Å². The van der Waals surface area contributed by atoms with E-state index in [0.29, 0.717) is 19.4 Å². The lowest BCUT2D eigenvalue weighted by atomic mass is 9.99. The van der Waals surface area contributed by atoms with Crippen LogP contribution in [0.3, 0.4) is 0 Å². The van der Waals surface area contributed by atoms with Crippen LogP contribution in [-0.2, 0) is 19.1 Å². The number of unbranched alkanes of at least 4 members (excludes halogenated alkanes) is 5. The van der Waals surface area contributed by atoms with Crippen LogP contribution in [0.15, 0.2) is 0 Å². The van der Waals surface area contributed by atoms with Crippen LogP contribution in [0.4, 0.5) is 0 Å². The first-order valence-corrected chi connectivity index (χ1v) is 9.84. The second-order valence-electron chi connectivity index (χ2n) is 7.18. The Bertz CT molecular complexity index is 475. The van der Waals surface area contributed by atoms with E-state index in [2.05, 4.69) is 0 Å². The lowest BCUT2D eigenvalue weighted by Gasteiger charge is -2.39. The van der Waals surface area contributed by atoms with Crippen LogP contribution in [-0.4, -0.2) is 111 Å². The quantitative estimate of drug-likeness (QED) is 0.171. The minimum Gasteiger partial charge on any atom is -0.480 e. The van der Waals surface area contributed by atoms with Gasteiger partial charge in [0.2, 0.25) is 0 Å². The Labute approximate surface area is 169 Å². The number of carboxylic acids is 2. The molecule has 0 aliphatic carbocycles. The van der Waals surface area contributed by atoms with E-state index in [0.717, 1.165) is 25.7 Å². The molecule has 0 spiro atoms. The standard InChI is InChI=1S/C18H33NO10/c20-11-12-15(25)16(26)17(18(27)29-12)28-8-6-4-2-1-3-5-7-19(9-13(21)22)10-14(23)24/h12,15-18,20,25-27H,1-11H2,(H,21,22)(H,23,24)/t12-,15-,16+,17-,18?/m1/s1. The molecule has 0 bridgehead atoms. The van der Waals surface area contributed by atoms with Gasteiger partial charge in [-0.05, 0) is 19.4 Å². The van der Waals surface area contributed by atoms with Crippen molar-refractivity contribution in [1.82, 2.24) is 4.90 Å². The fraction of sp³-hybridized carbons (Fsp3) is 0.889. The number of aliphatic carboxylic acids is 2. The highest BCUT2D eigenvalue weighted by Gasteiger charge is 2.44. The van der Waals surface area contributed by atoms with Gasteiger partial charge < -0.3 is 40.1 Å². The molecule has 1 rings (SSSR count). The van der Waals surface area contributed by atoms with Crippen molar-refractivity contribution in [2.24, 2.45) is 0 Å². The molecule has 1 heterocycles. The monoisotopic (exact) mass is 423 g/mol. The summed E-state index contributed by atoms with van der Waals surface area (Å²) < 4.78 is 10.4. The maximum atomic E-state index is 10.7. The molecule has 0 aromatic heterocycles. The summed E-state index contributed by atoms with van der Waals surface area (Å²) in [5, 5.41) is 56.1. The minimum atomic E-state index is -1.43. The molecule has 11 heteroatoms. The Kier molecular flexibility index (Phi) is 12.2. The molecule has 0 amide bonds. The molecular formula is C18H33NO10. The van der Waals surface area contributed by atoms with Crippen molar-refractivity contribution in [1.29, 1.82) is 0 Å². The van der Waals surface area contributed by atoms with Gasteiger partial charge in [0.25, 0.3) is 0 Å². The highest BCUT2D eigenvalue weighted by Crippen LogP contribution is 2.22. The number of aliphatic hydroxyl groups is 4. The minimum absolute atomic E-state index is 0.268. The summed E-state index contributed by atoms with van der Waals surface area (Å²) in [6.45, 7) is -0.424. The second-order valence-corrected chi connectivity index (χ2v) is 7.18. The van der Waals surface area contributed by atoms with Crippen LogP contribution in [0.5, 0.6) is 0 Å². The number of carboxylic acid groups (broad SMARTS) is 2. The average molecular weight is 423 g/mol. The topological polar surface area (TPSA) is 177 Å². The first kappa shape index (κ1) is 25.7. The van der Waals surface area contributed by atoms with Gasteiger partial charge in [-0.2, -0.15) is 0 Å². The Hall–Kier alpha value is -1.34. The molecular weight excluding hydrogens is 390 g/mol. The molecule has 29 heavy (non-hydrogen) atoms. The van der Waals surface area contributed by atoms with Gasteiger partial charge >= 0.3 is 11.9 Å². The van der Waals surface area contributed by atoms with E-state index in [1.807, 2.05) is 0 Å². The van der Waals surface area contributed by atoms with E-state index >= 15 is 0 Å². The molecule has 0 saturated carbocycles. The van der Waals surface area contributed by atoms with E-state index in [1.165, 1.54) is 4.90 Å². The summed E-state index contributed by atoms with van der Waals surface area (Å²) in [4.78, 5) is 22.8. The van der Waals surface area contributed by atoms with Gasteiger partial charge in [-0.15, -0.1) is 0 Å². The van der Waals surface area contributed by atoms with Crippen LogP contribution in [0.2, 0.25) is 0 Å². The highest BCUT2D eigenvalue weighted by molar-refractivity contribution is 5.72. The first-order valence-electron chi connectivity index (χ1n) is 9.84. The zero-order chi connectivity index (χ0) is 21.8. The maximum Gasteiger partial charge on any atom is 0.317 e. The molecule has 1 fully saturated rings. The second kappa shape index (κ2) is 13.8. The predicted octanol–water partition coefficient (Wildman–Crippen LogP) is -1.39. The summed E-state index contributed by atoms with van der Waals surface area (Å²) in [5.41, 5.74) is 0. The Morgan fingerprint density at radius 3 is 1.97 bits per heavy atom. The third-order valence-corrected chi connectivity index (χ3v) is 4.74. The fourth-order valence-corrected chi connectivity index (χ4v) is 3.21. The van der Waals surface area contributed by atoms with Crippen LogP contribution in [0, 0.1) is 0 Å². The molecule has 0 aromatic carbocycles. The normalized spacial score (nSPS) is 27.3. The molecule has 1 aliphatic heterocycles. The number of hydrogen-bond donors (Lipinski definition) is 6. The van der Waals surface area contributed by atoms with Crippen molar-refractivity contribution < 1.29 is 49.7 Å². The van der Waals surface area contributed by atoms with Gasteiger partial charge in [0, 0.05) is 6.61 Å². The van der Waals surface area contributed by atoms with Crippen molar-refractivity contribution in [2.75, 3.05) is 32.8 Å². The molecule has 5 atom stereocenters. The number of ether oxygens (including phenoxy) is 2. The van der Waals surface area contributed by atoms with Crippen LogP contribution < -0.4 is 0 Å². The largest absolute Gasteiger partial charge is 0.480 e. The van der Waals surface area contributed by atoms with Gasteiger partial charge in [0.1, 0.15) is 24.4 Å². The highest BCUT2D eigenvalue weighted by atomic mass is 16.7. The molecule has 0 radical (unpaired) electrons. The number of carbonyl (C=O) groups is 2. The molecule has 1 aliphatic rings. The molecule has 0 aromatic rings. The van der Waals surface area contributed by atoms with Crippen molar-refractivity contribution in [3.63, 3.8) is 0 Å². The Morgan fingerprint density at radius 2 is 1.41 bits per heavy atom. The fourth-order valence-electron chi connectivity index (χ4n) is 3.21. The van der Waals surface area contributed by atoms with Gasteiger partial charge in [-0.3, -0.25) is 14.5 Å². The summed E-state index contributed by atoms with van der Waals surface area (Å²) in [5.74, 6) is -2.10. The van der Waals surface area contributed by atoms with Crippen molar-refractivity contribution >= 4 is 11.9 Å². The van der Waals surface area contributed by atoms with E-state index in [4.69, 9.17) is 24.8 Å². The third kappa shape index (κ3) is 9.81. The first-order chi connectivity index (χ1) is 13.8. The zero-order valence-electron chi connectivity index (χ0n) is 16.4. The zero-order valence-corrected chi connectivity index (χ0v) is 16.4. The number of aliphatic hydroxyl groups excluding tert-OH is 4. The SMILES string of the molecule is O=C(O)CN(CCCCCCCCO[C@H]1C(O)O[C@H](CO)[C@@H](O)[C@@H]1O)CC(=O)O. The van der Waals surface area contributed by atoms with Gasteiger partial charge in [-0.25, -0.2) is 0 Å². The van der Waals surface area contributed by atoms with Crippen LogP contribution in [0.1, 0.15) is 38.5 Å². The van der Waals surface area contributed by atoms with Crippen LogP contribution >= 0.6 is 0 Å². The van der Waals surface area contributed by atoms with Gasteiger partial charge in [0.15, 0.2) is 6.29 Å². The van der Waals surface area contributed by atoms with Gasteiger partial charge in [-0.1, -0.05) is 25.7 Å². The molecule has 11 nitrogen and oxygen atoms in total. The lowest BCUT2D eigenvalue weighted by molar-refractivity contribution is -0.296. The number of rotatable bonds is 15. The number of hydrogen-bond acceptors (Lipinski definition) is 9. The lowest BCUT2D eigenvalue weighted by Crippen LogP contribution is -2.59. The summed E-state index contributed by atoms with van der Waals surface area (Å²) in [7, 11) is 0. The molecule has 6 N–H and O–H groups in total. The predicted molar refractivity (Wildman–Crippen MR) is 99.1 cm³/mol. The van der Waals surface area contributed by atoms with E-state index in [-0.39, 0.29) is 19.7 Å². The molecule has 1 unspecified atom stereocenters. The summed E-state index contributed by atoms with van der Waals surface area (Å²) >= 11 is 0. The van der Waals surface area contributed by atoms with Crippen molar-refractivity contribution in [3.8, 4) is 0 Å². The van der Waals surface area contributed by atoms with Crippen molar-refractivity contribution in [3.05, 3.63) is 0 Å². The Morgan fingerprint density at radius 1 is 0.862 bits per heavy atom. The van der Waals surface area contributed by atoms with Crippen LogP contribution in [0.25, 0.3) is 0 Å². The van der Waals surface area contributed by atoms with E-state index < -0.39 is 49.3 Å². The number of nitrogens with zero attached hydrogens (tertiary/aromatic N) is 1. The molecule has 170 valence electrons. The maximum absolute atomic E-state index is 10.7. The smallest absolute Gasteiger partial charge is 0.317 e. The average Bonchev–Trinajstić information content (AvgIpc) is 2.64. The van der Waals surface area contributed by atoms with E-state index in [1.54, 1.807) is 0 Å². The van der Waals surface area contributed by atoms with E-state index in [9.17, 15) is 24.9 Å². The Balaban J connectivity index is 2.11. The molecule has 1 saturated heterocycles. The summed E-state index contributed by atoms with van der Waals surface area (Å²) in [6, 6.07) is 0. The van der Waals surface area contributed by atoms with Gasteiger partial charge in [0.05, 0.1) is 19.7 Å².